The van der Waals surface area contributed by atoms with Crippen molar-refractivity contribution in [3.8, 4) is 22.3 Å². The van der Waals surface area contributed by atoms with Crippen LogP contribution in [0.5, 0.6) is 0 Å². The van der Waals surface area contributed by atoms with Gasteiger partial charge in [0, 0.05) is 11.1 Å². The van der Waals surface area contributed by atoms with Crippen LogP contribution in [0.2, 0.25) is 0 Å². The molecule has 28 heavy (non-hydrogen) atoms. The summed E-state index contributed by atoms with van der Waals surface area (Å²) in [6.07, 6.45) is 0. The molecule has 0 saturated carbocycles. The van der Waals surface area contributed by atoms with E-state index in [1.807, 2.05) is 72.8 Å². The Labute approximate surface area is 166 Å². The molecule has 0 heterocycles. The van der Waals surface area contributed by atoms with Crippen molar-refractivity contribution in [2.75, 3.05) is 0 Å². The van der Waals surface area contributed by atoms with E-state index in [1.165, 1.54) is 0 Å². The van der Waals surface area contributed by atoms with Crippen LogP contribution < -0.4 is 0 Å². The summed E-state index contributed by atoms with van der Waals surface area (Å²) in [5, 5.41) is 0. The van der Waals surface area contributed by atoms with E-state index in [-0.39, 0.29) is 5.78 Å². The number of aryl methyl sites for hydroxylation is 2. The van der Waals surface area contributed by atoms with Crippen molar-refractivity contribution < 1.29 is 4.79 Å². The van der Waals surface area contributed by atoms with Crippen LogP contribution in [0, 0.1) is 13.8 Å². The van der Waals surface area contributed by atoms with Gasteiger partial charge in [0.1, 0.15) is 0 Å². The summed E-state index contributed by atoms with van der Waals surface area (Å²) in [6, 6.07) is 32.3. The first-order chi connectivity index (χ1) is 13.6. The molecule has 0 spiro atoms. The van der Waals surface area contributed by atoms with Gasteiger partial charge in [0.25, 0.3) is 0 Å². The number of carbonyl (C=O) groups is 1. The Bertz CT molecular complexity index is 1030. The molecule has 0 aromatic heterocycles. The lowest BCUT2D eigenvalue weighted by atomic mass is 9.92. The molecule has 4 aromatic rings. The number of ketones is 1. The second kappa shape index (κ2) is 7.66. The normalized spacial score (nSPS) is 10.6. The van der Waals surface area contributed by atoms with Gasteiger partial charge < -0.3 is 0 Å². The number of carbonyl (C=O) groups excluding carboxylic acids is 1. The zero-order valence-corrected chi connectivity index (χ0v) is 16.1. The van der Waals surface area contributed by atoms with Crippen molar-refractivity contribution in [3.05, 3.63) is 119 Å². The molecule has 0 N–H and O–H groups in total. The van der Waals surface area contributed by atoms with E-state index in [0.717, 1.165) is 33.4 Å². The minimum absolute atomic E-state index is 0.0503. The van der Waals surface area contributed by atoms with Gasteiger partial charge in [-0.05, 0) is 59.4 Å². The highest BCUT2D eigenvalue weighted by Gasteiger charge is 2.14. The number of hydrogen-bond donors (Lipinski definition) is 0. The molecule has 0 fully saturated rings. The molecule has 0 saturated heterocycles. The van der Waals surface area contributed by atoms with Crippen molar-refractivity contribution in [2.45, 2.75) is 13.8 Å². The van der Waals surface area contributed by atoms with Gasteiger partial charge in [-0.2, -0.15) is 0 Å². The molecule has 0 unspecified atom stereocenters. The molecule has 0 bridgehead atoms. The van der Waals surface area contributed by atoms with Gasteiger partial charge in [-0.15, -0.1) is 0 Å². The summed E-state index contributed by atoms with van der Waals surface area (Å²) in [5.74, 6) is 0.0503. The summed E-state index contributed by atoms with van der Waals surface area (Å²) in [5.41, 5.74) is 8.21. The Kier molecular flexibility index (Phi) is 4.90. The summed E-state index contributed by atoms with van der Waals surface area (Å²) in [7, 11) is 0. The highest BCUT2D eigenvalue weighted by atomic mass is 16.1. The lowest BCUT2D eigenvalue weighted by Crippen LogP contribution is -2.03. The van der Waals surface area contributed by atoms with Gasteiger partial charge in [0.2, 0.25) is 0 Å². The standard InChI is InChI=1S/C27H22O/c1-19-13-15-23(17-25(19)21-9-5-3-6-10-21)27(28)24-16-14-20(2)26(18-24)22-11-7-4-8-12-22/h3-18H,1-2H3. The average Bonchev–Trinajstić information content (AvgIpc) is 2.75. The smallest absolute Gasteiger partial charge is 0.193 e. The van der Waals surface area contributed by atoms with Crippen LogP contribution in [0.15, 0.2) is 97.1 Å². The third-order valence-electron chi connectivity index (χ3n) is 5.17. The zero-order chi connectivity index (χ0) is 19.5. The Hall–Kier alpha value is -3.45. The maximum Gasteiger partial charge on any atom is 0.193 e. The van der Waals surface area contributed by atoms with E-state index in [1.54, 1.807) is 0 Å². The van der Waals surface area contributed by atoms with Crippen LogP contribution in [0.3, 0.4) is 0 Å². The van der Waals surface area contributed by atoms with Gasteiger partial charge in [-0.25, -0.2) is 0 Å². The predicted octanol–water partition coefficient (Wildman–Crippen LogP) is 6.87. The predicted molar refractivity (Wildman–Crippen MR) is 117 cm³/mol. The molecule has 1 heteroatoms. The van der Waals surface area contributed by atoms with E-state index in [0.29, 0.717) is 11.1 Å². The van der Waals surface area contributed by atoms with Gasteiger partial charge in [-0.1, -0.05) is 84.9 Å². The first-order valence-corrected chi connectivity index (χ1v) is 9.50. The van der Waals surface area contributed by atoms with E-state index in [9.17, 15) is 4.79 Å². The fourth-order valence-electron chi connectivity index (χ4n) is 3.55. The maximum absolute atomic E-state index is 13.2. The molecule has 4 rings (SSSR count). The van der Waals surface area contributed by atoms with Gasteiger partial charge >= 0.3 is 0 Å². The summed E-state index contributed by atoms with van der Waals surface area (Å²) < 4.78 is 0. The number of hydrogen-bond acceptors (Lipinski definition) is 1. The molecule has 4 aromatic carbocycles. The van der Waals surface area contributed by atoms with Gasteiger partial charge in [0.15, 0.2) is 5.78 Å². The molecular weight excluding hydrogens is 340 g/mol. The molecule has 0 aliphatic carbocycles. The monoisotopic (exact) mass is 362 g/mol. The topological polar surface area (TPSA) is 17.1 Å². The lowest BCUT2D eigenvalue weighted by molar-refractivity contribution is 0.103. The fourth-order valence-corrected chi connectivity index (χ4v) is 3.55. The van der Waals surface area contributed by atoms with Crippen LogP contribution in [0.25, 0.3) is 22.3 Å². The molecule has 0 atom stereocenters. The maximum atomic E-state index is 13.2. The lowest BCUT2D eigenvalue weighted by Gasteiger charge is -2.11. The van der Waals surface area contributed by atoms with E-state index >= 15 is 0 Å². The minimum Gasteiger partial charge on any atom is -0.289 e. The summed E-state index contributed by atoms with van der Waals surface area (Å²) >= 11 is 0. The van der Waals surface area contributed by atoms with Crippen molar-refractivity contribution in [1.29, 1.82) is 0 Å². The van der Waals surface area contributed by atoms with Crippen LogP contribution in [-0.2, 0) is 0 Å². The van der Waals surface area contributed by atoms with Crippen molar-refractivity contribution >= 4 is 5.78 Å². The van der Waals surface area contributed by atoms with Crippen LogP contribution in [0.1, 0.15) is 27.0 Å². The molecule has 1 nitrogen and oxygen atoms in total. The molecule has 0 aliphatic heterocycles. The fraction of sp³-hybridized carbons (Fsp3) is 0.0741. The molecule has 0 aliphatic rings. The Morgan fingerprint density at radius 2 is 0.929 bits per heavy atom. The molecule has 0 amide bonds. The second-order valence-corrected chi connectivity index (χ2v) is 7.12. The average molecular weight is 362 g/mol. The van der Waals surface area contributed by atoms with Gasteiger partial charge in [0.05, 0.1) is 0 Å². The number of rotatable bonds is 4. The highest BCUT2D eigenvalue weighted by molar-refractivity contribution is 6.10. The third kappa shape index (κ3) is 3.52. The highest BCUT2D eigenvalue weighted by Crippen LogP contribution is 2.28. The third-order valence-corrected chi connectivity index (χ3v) is 5.17. The first-order valence-electron chi connectivity index (χ1n) is 9.50. The van der Waals surface area contributed by atoms with Crippen molar-refractivity contribution in [1.82, 2.24) is 0 Å². The van der Waals surface area contributed by atoms with Crippen LogP contribution in [-0.4, -0.2) is 5.78 Å². The quantitative estimate of drug-likeness (QED) is 0.362. The SMILES string of the molecule is Cc1ccc(C(=O)c2ccc(C)c(-c3ccccc3)c2)cc1-c1ccccc1. The number of benzene rings is 4. The molecular formula is C27H22O. The van der Waals surface area contributed by atoms with Crippen molar-refractivity contribution in [2.24, 2.45) is 0 Å². The second-order valence-electron chi connectivity index (χ2n) is 7.12. The van der Waals surface area contributed by atoms with Crippen molar-refractivity contribution in [3.63, 3.8) is 0 Å². The van der Waals surface area contributed by atoms with E-state index in [4.69, 9.17) is 0 Å². The Morgan fingerprint density at radius 1 is 0.536 bits per heavy atom. The van der Waals surface area contributed by atoms with E-state index < -0.39 is 0 Å². The summed E-state index contributed by atoms with van der Waals surface area (Å²) in [4.78, 5) is 13.2. The zero-order valence-electron chi connectivity index (χ0n) is 16.1. The molecule has 0 radical (unpaired) electrons. The Balaban J connectivity index is 1.75. The van der Waals surface area contributed by atoms with Gasteiger partial charge in [-0.3, -0.25) is 4.79 Å². The van der Waals surface area contributed by atoms with Crippen LogP contribution >= 0.6 is 0 Å². The largest absolute Gasteiger partial charge is 0.289 e. The Morgan fingerprint density at radius 3 is 1.32 bits per heavy atom. The minimum atomic E-state index is 0.0503. The van der Waals surface area contributed by atoms with Crippen LogP contribution in [0.4, 0.5) is 0 Å². The first kappa shape index (κ1) is 17.9. The van der Waals surface area contributed by atoms with E-state index in [2.05, 4.69) is 38.1 Å². The molecule has 136 valence electrons. The summed E-state index contributed by atoms with van der Waals surface area (Å²) in [6.45, 7) is 4.16.